The quantitative estimate of drug-likeness (QED) is 0.832. The van der Waals surface area contributed by atoms with E-state index in [2.05, 4.69) is 4.98 Å². The Balaban J connectivity index is 2.71. The normalized spacial score (nSPS) is 11.0. The van der Waals surface area contributed by atoms with Crippen molar-refractivity contribution in [1.29, 1.82) is 0 Å². The van der Waals surface area contributed by atoms with E-state index in [1.165, 1.54) is 6.07 Å². The van der Waals surface area contributed by atoms with Gasteiger partial charge in [-0.15, -0.1) is 0 Å². The van der Waals surface area contributed by atoms with Gasteiger partial charge in [-0.2, -0.15) is 0 Å². The van der Waals surface area contributed by atoms with Crippen molar-refractivity contribution in [2.75, 3.05) is 17.2 Å². The smallest absolute Gasteiger partial charge is 0.236 e. The minimum atomic E-state index is -0.529. The first-order valence-electron chi connectivity index (χ1n) is 6.29. The number of anilines is 2. The van der Waals surface area contributed by atoms with Crippen LogP contribution in [-0.2, 0) is 4.79 Å². The zero-order valence-corrected chi connectivity index (χ0v) is 11.4. The number of benzene rings is 1. The molecule has 0 spiro atoms. The molecule has 5 nitrogen and oxygen atoms in total. The van der Waals surface area contributed by atoms with Crippen LogP contribution in [0.5, 0.6) is 0 Å². The largest absolute Gasteiger partial charge is 0.398 e. The Bertz CT molecular complexity index is 657. The summed E-state index contributed by atoms with van der Waals surface area (Å²) in [7, 11) is 0. The van der Waals surface area contributed by atoms with Gasteiger partial charge in [-0.1, -0.05) is 0 Å². The van der Waals surface area contributed by atoms with Gasteiger partial charge < -0.3 is 16.4 Å². The van der Waals surface area contributed by atoms with Crippen LogP contribution in [-0.4, -0.2) is 23.5 Å². The lowest BCUT2D eigenvalue weighted by Gasteiger charge is -2.29. The van der Waals surface area contributed by atoms with Crippen molar-refractivity contribution in [2.45, 2.75) is 19.9 Å². The number of carbonyl (C=O) groups excluding carboxylic acids is 1. The zero-order chi connectivity index (χ0) is 14.9. The van der Waals surface area contributed by atoms with Crippen molar-refractivity contribution in [3.63, 3.8) is 0 Å². The number of nitrogens with zero attached hydrogens (tertiary/aromatic N) is 2. The van der Waals surface area contributed by atoms with E-state index in [0.717, 1.165) is 0 Å². The van der Waals surface area contributed by atoms with Crippen LogP contribution in [0.2, 0.25) is 0 Å². The highest BCUT2D eigenvalue weighted by molar-refractivity contribution is 5.99. The third kappa shape index (κ3) is 2.49. The molecule has 0 aliphatic heterocycles. The third-order valence-electron chi connectivity index (χ3n) is 3.09. The van der Waals surface area contributed by atoms with Gasteiger partial charge in [-0.05, 0) is 32.0 Å². The van der Waals surface area contributed by atoms with Crippen molar-refractivity contribution in [2.24, 2.45) is 5.73 Å². The Labute approximate surface area is 116 Å². The van der Waals surface area contributed by atoms with Gasteiger partial charge in [0.25, 0.3) is 0 Å². The molecule has 20 heavy (non-hydrogen) atoms. The van der Waals surface area contributed by atoms with Crippen LogP contribution in [0.3, 0.4) is 0 Å². The molecule has 1 amide bonds. The van der Waals surface area contributed by atoms with Crippen LogP contribution in [0.15, 0.2) is 24.4 Å². The Morgan fingerprint density at radius 1 is 1.50 bits per heavy atom. The third-order valence-corrected chi connectivity index (χ3v) is 3.09. The minimum absolute atomic E-state index is 0.0792. The average molecular weight is 276 g/mol. The van der Waals surface area contributed by atoms with Crippen molar-refractivity contribution in [1.82, 2.24) is 4.98 Å². The van der Waals surface area contributed by atoms with Crippen LogP contribution < -0.4 is 16.4 Å². The Kier molecular flexibility index (Phi) is 3.74. The van der Waals surface area contributed by atoms with Gasteiger partial charge in [0, 0.05) is 23.3 Å². The predicted molar refractivity (Wildman–Crippen MR) is 77.8 cm³/mol. The summed E-state index contributed by atoms with van der Waals surface area (Å²) >= 11 is 0. The monoisotopic (exact) mass is 276 g/mol. The van der Waals surface area contributed by atoms with Crippen LogP contribution in [0.1, 0.15) is 13.8 Å². The summed E-state index contributed by atoms with van der Waals surface area (Å²) in [5, 5.41) is 0.652. The summed E-state index contributed by atoms with van der Waals surface area (Å²) in [5.41, 5.74) is 12.1. The number of aromatic nitrogens is 1. The summed E-state index contributed by atoms with van der Waals surface area (Å²) in [5.74, 6) is -1.04. The fourth-order valence-electron chi connectivity index (χ4n) is 2.18. The van der Waals surface area contributed by atoms with E-state index in [0.29, 0.717) is 16.6 Å². The first-order chi connectivity index (χ1) is 9.41. The standard InChI is InChI=1S/C14H17FN4O/c1-8(2)19(7-12(17)20)14-10(15)6-11(16)9-4-3-5-18-13(9)14/h3-6,8H,7,16H2,1-2H3,(H2,17,20). The first-order valence-corrected chi connectivity index (χ1v) is 6.29. The molecule has 1 heterocycles. The highest BCUT2D eigenvalue weighted by atomic mass is 19.1. The molecule has 6 heteroatoms. The number of nitrogen functional groups attached to an aromatic ring is 1. The van der Waals surface area contributed by atoms with Crippen molar-refractivity contribution >= 4 is 28.2 Å². The number of carbonyl (C=O) groups is 1. The summed E-state index contributed by atoms with van der Waals surface area (Å²) in [6, 6.07) is 4.64. The van der Waals surface area contributed by atoms with E-state index < -0.39 is 11.7 Å². The van der Waals surface area contributed by atoms with E-state index in [1.807, 2.05) is 13.8 Å². The van der Waals surface area contributed by atoms with Crippen LogP contribution in [0, 0.1) is 5.82 Å². The molecule has 2 aromatic rings. The summed E-state index contributed by atoms with van der Waals surface area (Å²) < 4.78 is 14.3. The van der Waals surface area contributed by atoms with Crippen molar-refractivity contribution < 1.29 is 9.18 Å². The molecule has 0 saturated heterocycles. The number of primary amides is 1. The van der Waals surface area contributed by atoms with Crippen molar-refractivity contribution in [3.05, 3.63) is 30.2 Å². The number of rotatable bonds is 4. The number of hydrogen-bond donors (Lipinski definition) is 2. The lowest BCUT2D eigenvalue weighted by atomic mass is 10.1. The number of halogens is 1. The van der Waals surface area contributed by atoms with Crippen LogP contribution in [0.25, 0.3) is 10.9 Å². The molecule has 0 unspecified atom stereocenters. The number of amides is 1. The fourth-order valence-corrected chi connectivity index (χ4v) is 2.18. The SMILES string of the molecule is CC(C)N(CC(N)=O)c1c(F)cc(N)c2cccnc12. The molecular formula is C14H17FN4O. The number of pyridine rings is 1. The average Bonchev–Trinajstić information content (AvgIpc) is 2.37. The van der Waals surface area contributed by atoms with Crippen molar-refractivity contribution in [3.8, 4) is 0 Å². The second kappa shape index (κ2) is 5.32. The van der Waals surface area contributed by atoms with Gasteiger partial charge in [0.05, 0.1) is 12.1 Å². The Hall–Kier alpha value is -2.37. The highest BCUT2D eigenvalue weighted by Gasteiger charge is 2.21. The number of nitrogens with two attached hydrogens (primary N) is 2. The maximum absolute atomic E-state index is 14.3. The summed E-state index contributed by atoms with van der Waals surface area (Å²) in [6.45, 7) is 3.63. The van der Waals surface area contributed by atoms with Gasteiger partial charge in [0.2, 0.25) is 5.91 Å². The maximum atomic E-state index is 14.3. The second-order valence-corrected chi connectivity index (χ2v) is 4.88. The molecule has 106 valence electrons. The summed E-state index contributed by atoms with van der Waals surface area (Å²) in [4.78, 5) is 17.0. The molecule has 2 rings (SSSR count). The second-order valence-electron chi connectivity index (χ2n) is 4.88. The van der Waals surface area contributed by atoms with Crippen LogP contribution >= 0.6 is 0 Å². The van der Waals surface area contributed by atoms with E-state index in [9.17, 15) is 9.18 Å². The molecule has 0 aliphatic carbocycles. The first kappa shape index (κ1) is 14.0. The molecule has 0 atom stereocenters. The Morgan fingerprint density at radius 3 is 2.80 bits per heavy atom. The lowest BCUT2D eigenvalue weighted by Crippen LogP contribution is -2.39. The topological polar surface area (TPSA) is 85.2 Å². The van der Waals surface area contributed by atoms with Gasteiger partial charge in [0.1, 0.15) is 5.69 Å². The Morgan fingerprint density at radius 2 is 2.20 bits per heavy atom. The molecule has 1 aromatic carbocycles. The van der Waals surface area contributed by atoms with Gasteiger partial charge in [0.15, 0.2) is 5.82 Å². The maximum Gasteiger partial charge on any atom is 0.236 e. The van der Waals surface area contributed by atoms with Gasteiger partial charge in [-0.25, -0.2) is 4.39 Å². The number of hydrogen-bond acceptors (Lipinski definition) is 4. The molecular weight excluding hydrogens is 259 g/mol. The summed E-state index contributed by atoms with van der Waals surface area (Å²) in [6.07, 6.45) is 1.56. The predicted octanol–water partition coefficient (Wildman–Crippen LogP) is 1.66. The van der Waals surface area contributed by atoms with E-state index in [1.54, 1.807) is 23.2 Å². The zero-order valence-electron chi connectivity index (χ0n) is 11.4. The molecule has 0 fully saturated rings. The fraction of sp³-hybridized carbons (Fsp3) is 0.286. The lowest BCUT2D eigenvalue weighted by molar-refractivity contribution is -0.116. The van der Waals surface area contributed by atoms with Crippen LogP contribution in [0.4, 0.5) is 15.8 Å². The molecule has 0 radical (unpaired) electrons. The van der Waals surface area contributed by atoms with E-state index >= 15 is 0 Å². The molecule has 1 aromatic heterocycles. The van der Waals surface area contributed by atoms with Gasteiger partial charge >= 0.3 is 0 Å². The molecule has 0 bridgehead atoms. The van der Waals surface area contributed by atoms with E-state index in [4.69, 9.17) is 11.5 Å². The number of fused-ring (bicyclic) bond motifs is 1. The minimum Gasteiger partial charge on any atom is -0.398 e. The van der Waals surface area contributed by atoms with E-state index in [-0.39, 0.29) is 18.3 Å². The molecule has 0 saturated carbocycles. The molecule has 0 aliphatic rings. The van der Waals surface area contributed by atoms with Gasteiger partial charge in [-0.3, -0.25) is 9.78 Å². The highest BCUT2D eigenvalue weighted by Crippen LogP contribution is 2.33. The molecule has 4 N–H and O–H groups in total.